The van der Waals surface area contributed by atoms with Gasteiger partial charge in [-0.2, -0.15) is 0 Å². The standard InChI is InChI=1S/C15H14ClN5/c1-10-5-4-8-13(17)14(10)15-18-19-20-21(15)9-11-6-2-3-7-12(11)16/h2-8H,9,17H2,1H3. The largest absolute Gasteiger partial charge is 0.398 e. The average molecular weight is 300 g/mol. The van der Waals surface area contributed by atoms with Gasteiger partial charge in [0.1, 0.15) is 0 Å². The van der Waals surface area contributed by atoms with Gasteiger partial charge in [-0.15, -0.1) is 5.10 Å². The Hall–Kier alpha value is -2.40. The molecule has 6 heteroatoms. The molecule has 0 unspecified atom stereocenters. The van der Waals surface area contributed by atoms with Crippen LogP contribution in [0.4, 0.5) is 5.69 Å². The van der Waals surface area contributed by atoms with Crippen molar-refractivity contribution in [1.29, 1.82) is 0 Å². The minimum Gasteiger partial charge on any atom is -0.398 e. The van der Waals surface area contributed by atoms with E-state index in [-0.39, 0.29) is 0 Å². The van der Waals surface area contributed by atoms with Crippen LogP contribution in [0.15, 0.2) is 42.5 Å². The first-order valence-electron chi connectivity index (χ1n) is 6.52. The van der Waals surface area contributed by atoms with Crippen LogP contribution in [0.5, 0.6) is 0 Å². The maximum absolute atomic E-state index is 6.20. The second-order valence-corrected chi connectivity index (χ2v) is 5.20. The van der Waals surface area contributed by atoms with Crippen molar-refractivity contribution in [1.82, 2.24) is 20.2 Å². The minimum atomic E-state index is 0.496. The number of rotatable bonds is 3. The number of tetrazole rings is 1. The fraction of sp³-hybridized carbons (Fsp3) is 0.133. The Morgan fingerprint density at radius 1 is 1.14 bits per heavy atom. The summed E-state index contributed by atoms with van der Waals surface area (Å²) < 4.78 is 1.71. The fourth-order valence-electron chi connectivity index (χ4n) is 2.27. The van der Waals surface area contributed by atoms with E-state index in [0.29, 0.717) is 23.1 Å². The summed E-state index contributed by atoms with van der Waals surface area (Å²) >= 11 is 6.20. The highest BCUT2D eigenvalue weighted by atomic mass is 35.5. The van der Waals surface area contributed by atoms with Gasteiger partial charge in [-0.3, -0.25) is 0 Å². The summed E-state index contributed by atoms with van der Waals surface area (Å²) in [6, 6.07) is 13.4. The highest BCUT2D eigenvalue weighted by molar-refractivity contribution is 6.31. The van der Waals surface area contributed by atoms with Crippen molar-refractivity contribution in [3.05, 3.63) is 58.6 Å². The van der Waals surface area contributed by atoms with Crippen LogP contribution in [0.1, 0.15) is 11.1 Å². The molecular weight excluding hydrogens is 286 g/mol. The van der Waals surface area contributed by atoms with Crippen molar-refractivity contribution in [2.75, 3.05) is 5.73 Å². The van der Waals surface area contributed by atoms with E-state index in [2.05, 4.69) is 15.5 Å². The molecule has 0 aliphatic rings. The second-order valence-electron chi connectivity index (χ2n) is 4.79. The summed E-state index contributed by atoms with van der Waals surface area (Å²) in [6.07, 6.45) is 0. The number of aryl methyl sites for hydroxylation is 1. The van der Waals surface area contributed by atoms with Crippen LogP contribution in [0.3, 0.4) is 0 Å². The molecule has 3 rings (SSSR count). The lowest BCUT2D eigenvalue weighted by atomic mass is 10.1. The molecule has 0 aliphatic carbocycles. The summed E-state index contributed by atoms with van der Waals surface area (Å²) in [6.45, 7) is 2.48. The van der Waals surface area contributed by atoms with Gasteiger partial charge in [0.25, 0.3) is 0 Å². The number of anilines is 1. The second kappa shape index (κ2) is 5.54. The smallest absolute Gasteiger partial charge is 0.184 e. The van der Waals surface area contributed by atoms with Crippen molar-refractivity contribution >= 4 is 17.3 Å². The molecule has 0 amide bonds. The zero-order valence-corrected chi connectivity index (χ0v) is 12.2. The normalized spacial score (nSPS) is 10.8. The van der Waals surface area contributed by atoms with Gasteiger partial charge >= 0.3 is 0 Å². The van der Waals surface area contributed by atoms with Gasteiger partial charge in [-0.05, 0) is 40.6 Å². The van der Waals surface area contributed by atoms with E-state index in [1.165, 1.54) is 0 Å². The van der Waals surface area contributed by atoms with E-state index in [4.69, 9.17) is 17.3 Å². The number of hydrogen-bond acceptors (Lipinski definition) is 4. The molecule has 1 heterocycles. The van der Waals surface area contributed by atoms with Crippen molar-refractivity contribution in [2.45, 2.75) is 13.5 Å². The molecule has 0 saturated heterocycles. The van der Waals surface area contributed by atoms with E-state index in [9.17, 15) is 0 Å². The van der Waals surface area contributed by atoms with Gasteiger partial charge in [-0.1, -0.05) is 41.9 Å². The van der Waals surface area contributed by atoms with Crippen LogP contribution < -0.4 is 5.73 Å². The van der Waals surface area contributed by atoms with Crippen molar-refractivity contribution in [3.63, 3.8) is 0 Å². The minimum absolute atomic E-state index is 0.496. The first-order chi connectivity index (χ1) is 10.2. The van der Waals surface area contributed by atoms with Crippen molar-refractivity contribution in [3.8, 4) is 11.4 Å². The van der Waals surface area contributed by atoms with Gasteiger partial charge in [0, 0.05) is 16.3 Å². The van der Waals surface area contributed by atoms with Gasteiger partial charge in [0.05, 0.1) is 6.54 Å². The third-order valence-electron chi connectivity index (χ3n) is 3.34. The summed E-state index contributed by atoms with van der Waals surface area (Å²) in [4.78, 5) is 0. The van der Waals surface area contributed by atoms with Crippen LogP contribution in [0.25, 0.3) is 11.4 Å². The molecule has 3 aromatic rings. The number of benzene rings is 2. The molecule has 2 N–H and O–H groups in total. The van der Waals surface area contributed by atoms with Gasteiger partial charge in [-0.25, -0.2) is 4.68 Å². The molecule has 0 saturated carbocycles. The van der Waals surface area contributed by atoms with E-state index in [1.807, 2.05) is 49.4 Å². The zero-order valence-electron chi connectivity index (χ0n) is 11.5. The molecule has 106 valence electrons. The molecule has 2 aromatic carbocycles. The maximum atomic E-state index is 6.20. The lowest BCUT2D eigenvalue weighted by molar-refractivity contribution is 0.653. The molecule has 0 radical (unpaired) electrons. The SMILES string of the molecule is Cc1cccc(N)c1-c1nnnn1Cc1ccccc1Cl. The van der Waals surface area contributed by atoms with Gasteiger partial charge < -0.3 is 5.73 Å². The summed E-state index contributed by atoms with van der Waals surface area (Å²) in [5.74, 6) is 0.644. The lowest BCUT2D eigenvalue weighted by Crippen LogP contribution is -2.06. The predicted octanol–water partition coefficient (Wildman–Crippen LogP) is 2.93. The molecular formula is C15H14ClN5. The Bertz CT molecular complexity index is 761. The van der Waals surface area contributed by atoms with Crippen molar-refractivity contribution in [2.24, 2.45) is 0 Å². The Balaban J connectivity index is 2.04. The Labute approximate surface area is 127 Å². The highest BCUT2D eigenvalue weighted by Crippen LogP contribution is 2.28. The predicted molar refractivity (Wildman–Crippen MR) is 83.0 cm³/mol. The molecule has 0 spiro atoms. The number of aromatic nitrogens is 4. The van der Waals surface area contributed by atoms with Crippen LogP contribution in [-0.4, -0.2) is 20.2 Å². The number of nitrogens with two attached hydrogens (primary N) is 1. The third-order valence-corrected chi connectivity index (χ3v) is 3.71. The molecule has 0 atom stereocenters. The Morgan fingerprint density at radius 2 is 1.95 bits per heavy atom. The molecule has 0 fully saturated rings. The van der Waals surface area contributed by atoms with Crippen LogP contribution in [0.2, 0.25) is 5.02 Å². The molecule has 1 aromatic heterocycles. The number of nitrogen functional groups attached to an aromatic ring is 1. The molecule has 0 aliphatic heterocycles. The first kappa shape index (κ1) is 13.6. The summed E-state index contributed by atoms with van der Waals surface area (Å²) in [5, 5.41) is 12.6. The average Bonchev–Trinajstić information content (AvgIpc) is 2.89. The highest BCUT2D eigenvalue weighted by Gasteiger charge is 2.15. The Kier molecular flexibility index (Phi) is 3.58. The first-order valence-corrected chi connectivity index (χ1v) is 6.89. The molecule has 21 heavy (non-hydrogen) atoms. The van der Waals surface area contributed by atoms with E-state index in [1.54, 1.807) is 4.68 Å². The summed E-state index contributed by atoms with van der Waals surface area (Å²) in [5.41, 5.74) is 9.57. The van der Waals surface area contributed by atoms with E-state index >= 15 is 0 Å². The monoisotopic (exact) mass is 299 g/mol. The van der Waals surface area contributed by atoms with Gasteiger partial charge in [0.15, 0.2) is 5.82 Å². The van der Waals surface area contributed by atoms with E-state index < -0.39 is 0 Å². The summed E-state index contributed by atoms with van der Waals surface area (Å²) in [7, 11) is 0. The quantitative estimate of drug-likeness (QED) is 0.755. The number of nitrogens with zero attached hydrogens (tertiary/aromatic N) is 4. The van der Waals surface area contributed by atoms with Crippen LogP contribution >= 0.6 is 11.6 Å². The lowest BCUT2D eigenvalue weighted by Gasteiger charge is -2.10. The van der Waals surface area contributed by atoms with Crippen LogP contribution in [-0.2, 0) is 6.54 Å². The topological polar surface area (TPSA) is 69.6 Å². The van der Waals surface area contributed by atoms with Crippen molar-refractivity contribution < 1.29 is 0 Å². The number of halogens is 1. The fourth-order valence-corrected chi connectivity index (χ4v) is 2.47. The van der Waals surface area contributed by atoms with Crippen LogP contribution in [0, 0.1) is 6.92 Å². The number of hydrogen-bond donors (Lipinski definition) is 1. The molecule has 5 nitrogen and oxygen atoms in total. The van der Waals surface area contributed by atoms with E-state index in [0.717, 1.165) is 16.7 Å². The third kappa shape index (κ3) is 2.60. The zero-order chi connectivity index (χ0) is 14.8. The Morgan fingerprint density at radius 3 is 2.71 bits per heavy atom. The maximum Gasteiger partial charge on any atom is 0.184 e. The van der Waals surface area contributed by atoms with Gasteiger partial charge in [0.2, 0.25) is 0 Å². The molecule has 0 bridgehead atoms.